The molecule has 0 fully saturated rings. The number of hydrogen-bond donors (Lipinski definition) is 1. The Labute approximate surface area is 92.2 Å². The highest BCUT2D eigenvalue weighted by atomic mass is 35.5. The third-order valence-electron chi connectivity index (χ3n) is 1.70. The van der Waals surface area contributed by atoms with E-state index in [4.69, 9.17) is 11.6 Å². The van der Waals surface area contributed by atoms with Crippen molar-refractivity contribution in [2.24, 2.45) is 0 Å². The third kappa shape index (κ3) is 3.75. The van der Waals surface area contributed by atoms with Gasteiger partial charge in [0.25, 0.3) is 0 Å². The summed E-state index contributed by atoms with van der Waals surface area (Å²) in [5.74, 6) is -0.475. The first kappa shape index (κ1) is 11.8. The first-order valence-corrected chi connectivity index (χ1v) is 4.86. The summed E-state index contributed by atoms with van der Waals surface area (Å²) >= 11 is 5.57. The van der Waals surface area contributed by atoms with E-state index in [0.717, 1.165) is 5.56 Å². The van der Waals surface area contributed by atoms with Gasteiger partial charge in [-0.25, -0.2) is 9.18 Å². The molecule has 1 aromatic carbocycles. The Morgan fingerprint density at radius 3 is 2.93 bits per heavy atom. The van der Waals surface area contributed by atoms with E-state index in [1.807, 2.05) is 0 Å². The molecule has 0 bridgehead atoms. The maximum Gasteiger partial charge on any atom is 0.407 e. The highest BCUT2D eigenvalue weighted by Gasteiger charge is 2.03. The number of halogens is 2. The quantitative estimate of drug-likeness (QED) is 0.869. The van der Waals surface area contributed by atoms with E-state index < -0.39 is 11.9 Å². The number of hydrogen-bond acceptors (Lipinski definition) is 2. The van der Waals surface area contributed by atoms with Crippen molar-refractivity contribution < 1.29 is 13.9 Å². The molecule has 82 valence electrons. The molecule has 15 heavy (non-hydrogen) atoms. The molecule has 0 saturated heterocycles. The second-order valence-corrected chi connectivity index (χ2v) is 3.23. The number of benzene rings is 1. The molecule has 0 aliphatic rings. The van der Waals surface area contributed by atoms with Crippen LogP contribution in [0.15, 0.2) is 18.2 Å². The van der Waals surface area contributed by atoms with E-state index in [1.165, 1.54) is 12.1 Å². The maximum atomic E-state index is 12.8. The Morgan fingerprint density at radius 1 is 1.60 bits per heavy atom. The van der Waals surface area contributed by atoms with Crippen molar-refractivity contribution in [1.29, 1.82) is 0 Å². The van der Waals surface area contributed by atoms with E-state index in [-0.39, 0.29) is 11.6 Å². The number of nitrogens with one attached hydrogen (secondary N) is 1. The monoisotopic (exact) mass is 231 g/mol. The normalized spacial score (nSPS) is 9.80. The molecule has 0 heterocycles. The van der Waals surface area contributed by atoms with Gasteiger partial charge in [0.1, 0.15) is 5.82 Å². The summed E-state index contributed by atoms with van der Waals surface area (Å²) in [5.41, 5.74) is 0.717. The van der Waals surface area contributed by atoms with Crippen LogP contribution < -0.4 is 5.32 Å². The van der Waals surface area contributed by atoms with E-state index in [9.17, 15) is 9.18 Å². The molecule has 0 radical (unpaired) electrons. The molecular formula is C10H11ClFNO2. The van der Waals surface area contributed by atoms with Crippen LogP contribution in [-0.2, 0) is 11.3 Å². The molecule has 1 N–H and O–H groups in total. The molecule has 1 aromatic rings. The van der Waals surface area contributed by atoms with Gasteiger partial charge in [-0.05, 0) is 24.6 Å². The maximum absolute atomic E-state index is 12.8. The smallest absolute Gasteiger partial charge is 0.407 e. The Hall–Kier alpha value is -1.29. The number of rotatable bonds is 3. The van der Waals surface area contributed by atoms with Crippen molar-refractivity contribution in [2.45, 2.75) is 13.5 Å². The number of amides is 1. The van der Waals surface area contributed by atoms with Gasteiger partial charge in [0, 0.05) is 6.54 Å². The zero-order valence-corrected chi connectivity index (χ0v) is 8.97. The van der Waals surface area contributed by atoms with Gasteiger partial charge < -0.3 is 10.1 Å². The highest BCUT2D eigenvalue weighted by Crippen LogP contribution is 2.15. The molecule has 1 rings (SSSR count). The van der Waals surface area contributed by atoms with Crippen LogP contribution in [0.25, 0.3) is 0 Å². The van der Waals surface area contributed by atoms with Gasteiger partial charge in [0.15, 0.2) is 0 Å². The van der Waals surface area contributed by atoms with Crippen LogP contribution in [0.5, 0.6) is 0 Å². The SMILES string of the molecule is CCOC(=O)NCc1ccc(F)c(Cl)c1. The molecule has 5 heteroatoms. The second kappa shape index (κ2) is 5.56. The standard InChI is InChI=1S/C10H11ClFNO2/c1-2-15-10(14)13-6-7-3-4-9(12)8(11)5-7/h3-5H,2,6H2,1H3,(H,13,14). The van der Waals surface area contributed by atoms with Gasteiger partial charge in [-0.2, -0.15) is 0 Å². The summed E-state index contributed by atoms with van der Waals surface area (Å²) in [7, 11) is 0. The molecule has 3 nitrogen and oxygen atoms in total. The Kier molecular flexibility index (Phi) is 4.37. The van der Waals surface area contributed by atoms with Crippen molar-refractivity contribution in [1.82, 2.24) is 5.32 Å². The lowest BCUT2D eigenvalue weighted by atomic mass is 10.2. The fourth-order valence-corrected chi connectivity index (χ4v) is 1.21. The Bertz CT molecular complexity index is 357. The number of alkyl carbamates (subject to hydrolysis) is 1. The largest absolute Gasteiger partial charge is 0.450 e. The molecule has 0 aliphatic carbocycles. The minimum atomic E-state index is -0.502. The van der Waals surface area contributed by atoms with E-state index in [2.05, 4.69) is 10.1 Å². The van der Waals surface area contributed by atoms with E-state index >= 15 is 0 Å². The predicted molar refractivity (Wildman–Crippen MR) is 55.3 cm³/mol. The summed E-state index contributed by atoms with van der Waals surface area (Å²) < 4.78 is 17.4. The number of ether oxygens (including phenoxy) is 1. The van der Waals surface area contributed by atoms with Gasteiger partial charge in [-0.3, -0.25) is 0 Å². The minimum Gasteiger partial charge on any atom is -0.450 e. The average Bonchev–Trinajstić information content (AvgIpc) is 2.20. The molecule has 0 spiro atoms. The summed E-state index contributed by atoms with van der Waals surface area (Å²) in [6.45, 7) is 2.29. The zero-order valence-electron chi connectivity index (χ0n) is 8.22. The molecular weight excluding hydrogens is 221 g/mol. The fourth-order valence-electron chi connectivity index (χ4n) is 1.01. The highest BCUT2D eigenvalue weighted by molar-refractivity contribution is 6.30. The van der Waals surface area contributed by atoms with Crippen molar-refractivity contribution in [3.8, 4) is 0 Å². The van der Waals surface area contributed by atoms with E-state index in [0.29, 0.717) is 6.61 Å². The lowest BCUT2D eigenvalue weighted by molar-refractivity contribution is 0.151. The van der Waals surface area contributed by atoms with Crippen LogP contribution in [0.1, 0.15) is 12.5 Å². The molecule has 0 atom stereocenters. The molecule has 0 unspecified atom stereocenters. The predicted octanol–water partition coefficient (Wildman–Crippen LogP) is 2.73. The molecule has 0 aromatic heterocycles. The van der Waals surface area contributed by atoms with Crippen LogP contribution in [0.4, 0.5) is 9.18 Å². The first-order chi connectivity index (χ1) is 7.13. The summed E-state index contributed by atoms with van der Waals surface area (Å²) in [5, 5.41) is 2.54. The van der Waals surface area contributed by atoms with Crippen molar-refractivity contribution >= 4 is 17.7 Å². The topological polar surface area (TPSA) is 38.3 Å². The van der Waals surface area contributed by atoms with E-state index in [1.54, 1.807) is 13.0 Å². The van der Waals surface area contributed by atoms with Crippen LogP contribution in [0.3, 0.4) is 0 Å². The lowest BCUT2D eigenvalue weighted by Gasteiger charge is -2.05. The molecule has 1 amide bonds. The first-order valence-electron chi connectivity index (χ1n) is 4.48. The van der Waals surface area contributed by atoms with Gasteiger partial charge >= 0.3 is 6.09 Å². The number of carbonyl (C=O) groups is 1. The van der Waals surface area contributed by atoms with Gasteiger partial charge in [0.05, 0.1) is 11.6 Å². The van der Waals surface area contributed by atoms with Crippen molar-refractivity contribution in [2.75, 3.05) is 6.61 Å². The average molecular weight is 232 g/mol. The van der Waals surface area contributed by atoms with Gasteiger partial charge in [-0.1, -0.05) is 17.7 Å². The van der Waals surface area contributed by atoms with Gasteiger partial charge in [-0.15, -0.1) is 0 Å². The van der Waals surface area contributed by atoms with Crippen molar-refractivity contribution in [3.63, 3.8) is 0 Å². The van der Waals surface area contributed by atoms with Crippen LogP contribution in [0.2, 0.25) is 5.02 Å². The van der Waals surface area contributed by atoms with Crippen LogP contribution in [-0.4, -0.2) is 12.7 Å². The summed E-state index contributed by atoms with van der Waals surface area (Å²) in [4.78, 5) is 10.9. The fraction of sp³-hybridized carbons (Fsp3) is 0.300. The molecule has 0 aliphatic heterocycles. The summed E-state index contributed by atoms with van der Waals surface area (Å²) in [6, 6.07) is 4.26. The van der Waals surface area contributed by atoms with Crippen molar-refractivity contribution in [3.05, 3.63) is 34.6 Å². The Morgan fingerprint density at radius 2 is 2.33 bits per heavy atom. The molecule has 0 saturated carbocycles. The third-order valence-corrected chi connectivity index (χ3v) is 1.99. The van der Waals surface area contributed by atoms with Crippen LogP contribution >= 0.6 is 11.6 Å². The lowest BCUT2D eigenvalue weighted by Crippen LogP contribution is -2.23. The van der Waals surface area contributed by atoms with Crippen LogP contribution in [0, 0.1) is 5.82 Å². The Balaban J connectivity index is 2.51. The zero-order chi connectivity index (χ0) is 11.3. The van der Waals surface area contributed by atoms with Gasteiger partial charge in [0.2, 0.25) is 0 Å². The minimum absolute atomic E-state index is 0.0400. The second-order valence-electron chi connectivity index (χ2n) is 2.82. The summed E-state index contributed by atoms with van der Waals surface area (Å²) in [6.07, 6.45) is -0.502. The number of carbonyl (C=O) groups excluding carboxylic acids is 1.